The zero-order valence-corrected chi connectivity index (χ0v) is 10.5. The van der Waals surface area contributed by atoms with E-state index in [-0.39, 0.29) is 0 Å². The van der Waals surface area contributed by atoms with Crippen molar-refractivity contribution in [2.45, 2.75) is 48.4 Å². The first-order chi connectivity index (χ1) is 5.09. The molecule has 0 aliphatic carbocycles. The van der Waals surface area contributed by atoms with Crippen LogP contribution >= 0.6 is 0 Å². The molecule has 0 aromatic rings. The number of hydrogen-bond donors (Lipinski definition) is 0. The second-order valence-corrected chi connectivity index (χ2v) is 16.5. The molecule has 0 radical (unpaired) electrons. The maximum atomic E-state index is 2.47. The fourth-order valence-electron chi connectivity index (χ4n) is 2.16. The van der Waals surface area contributed by atoms with Crippen molar-refractivity contribution in [3.63, 3.8) is 0 Å². The van der Waals surface area contributed by atoms with E-state index in [0.717, 1.165) is 7.85 Å². The summed E-state index contributed by atoms with van der Waals surface area (Å²) in [4.78, 5) is 0. The van der Waals surface area contributed by atoms with Gasteiger partial charge in [-0.2, -0.15) is 0 Å². The van der Waals surface area contributed by atoms with Crippen LogP contribution in [0, 0.1) is 0 Å². The number of alkyl halides is 4. The predicted octanol–water partition coefficient (Wildman–Crippen LogP) is -0.243. The zero-order valence-electron chi connectivity index (χ0n) is 8.36. The van der Waals surface area contributed by atoms with Crippen LogP contribution in [-0.4, -0.2) is 16.7 Å². The van der Waals surface area contributed by atoms with Crippen molar-refractivity contribution in [1.82, 2.24) is 0 Å². The third kappa shape index (κ3) is 1.73. The summed E-state index contributed by atoms with van der Waals surface area (Å²) < 4.78 is 5.43. The second-order valence-electron chi connectivity index (χ2n) is 4.04. The standard InChI is InChI=1S/C10H22I/c1-9(2)11(10(3)4)7-5-6-8-11/h9-10H,5-8H2,1-4H3/q-1. The van der Waals surface area contributed by atoms with Crippen LogP contribution in [0.1, 0.15) is 40.5 Å². The summed E-state index contributed by atoms with van der Waals surface area (Å²) in [7, 11) is 0. The molecule has 0 aromatic carbocycles. The minimum absolute atomic E-state index is 1.06. The zero-order chi connectivity index (χ0) is 8.48. The van der Waals surface area contributed by atoms with Crippen molar-refractivity contribution >= 4 is 0 Å². The van der Waals surface area contributed by atoms with Crippen LogP contribution in [0.3, 0.4) is 0 Å². The van der Waals surface area contributed by atoms with Crippen LogP contribution < -0.4 is 18.4 Å². The van der Waals surface area contributed by atoms with Gasteiger partial charge >= 0.3 is 75.7 Å². The van der Waals surface area contributed by atoms with Gasteiger partial charge in [0.15, 0.2) is 0 Å². The van der Waals surface area contributed by atoms with Gasteiger partial charge in [0.05, 0.1) is 0 Å². The number of rotatable bonds is 2. The third-order valence-electron chi connectivity index (χ3n) is 2.96. The molecule has 1 heteroatoms. The van der Waals surface area contributed by atoms with Crippen molar-refractivity contribution in [1.29, 1.82) is 0 Å². The van der Waals surface area contributed by atoms with Gasteiger partial charge in [-0.3, -0.25) is 0 Å². The summed E-state index contributed by atoms with van der Waals surface area (Å²) in [6.45, 7) is 9.90. The Labute approximate surface area is 75.7 Å². The molecule has 0 saturated carbocycles. The Hall–Kier alpha value is 0.730. The Morgan fingerprint density at radius 3 is 1.36 bits per heavy atom. The molecule has 1 fully saturated rings. The first kappa shape index (κ1) is 9.82. The Morgan fingerprint density at radius 1 is 0.818 bits per heavy atom. The summed E-state index contributed by atoms with van der Waals surface area (Å²) in [6, 6.07) is 0. The minimum atomic E-state index is -1.23. The molecule has 0 amide bonds. The number of hydrogen-bond acceptors (Lipinski definition) is 0. The fourth-order valence-corrected chi connectivity index (χ4v) is 14.5. The monoisotopic (exact) mass is 269 g/mol. The van der Waals surface area contributed by atoms with Crippen molar-refractivity contribution < 1.29 is 18.4 Å². The molecule has 0 spiro atoms. The van der Waals surface area contributed by atoms with Crippen LogP contribution in [0.5, 0.6) is 0 Å². The van der Waals surface area contributed by atoms with E-state index < -0.39 is 18.4 Å². The topological polar surface area (TPSA) is 0 Å². The summed E-state index contributed by atoms with van der Waals surface area (Å²) in [5, 5.41) is 0. The molecule has 1 saturated heterocycles. The Bertz CT molecular complexity index is 111. The molecule has 0 unspecified atom stereocenters. The molecule has 0 N–H and O–H groups in total. The molecule has 11 heavy (non-hydrogen) atoms. The van der Waals surface area contributed by atoms with E-state index in [1.165, 1.54) is 0 Å². The van der Waals surface area contributed by atoms with Gasteiger partial charge in [-0.15, -0.1) is 0 Å². The normalized spacial score (nSPS) is 26.4. The Kier molecular flexibility index (Phi) is 3.24. The first-order valence-corrected chi connectivity index (χ1v) is 10.3. The molecule has 1 heterocycles. The SMILES string of the molecule is CC(C)[I-]1(C(C)C)CCCC1. The summed E-state index contributed by atoms with van der Waals surface area (Å²) >= 11 is -1.23. The summed E-state index contributed by atoms with van der Waals surface area (Å²) in [5.41, 5.74) is 0. The summed E-state index contributed by atoms with van der Waals surface area (Å²) in [5.74, 6) is 0. The van der Waals surface area contributed by atoms with E-state index in [1.54, 1.807) is 21.7 Å². The molecule has 0 bridgehead atoms. The Balaban J connectivity index is 2.70. The van der Waals surface area contributed by atoms with Gasteiger partial charge in [-0.05, 0) is 0 Å². The van der Waals surface area contributed by atoms with Crippen LogP contribution in [0.2, 0.25) is 0 Å². The van der Waals surface area contributed by atoms with Gasteiger partial charge in [0.25, 0.3) is 0 Å². The van der Waals surface area contributed by atoms with Gasteiger partial charge < -0.3 is 0 Å². The molecule has 1 aliphatic rings. The molecule has 0 nitrogen and oxygen atoms in total. The van der Waals surface area contributed by atoms with E-state index in [2.05, 4.69) is 27.7 Å². The van der Waals surface area contributed by atoms with Gasteiger partial charge in [-0.25, -0.2) is 0 Å². The molecule has 1 rings (SSSR count). The first-order valence-electron chi connectivity index (χ1n) is 4.78. The second kappa shape index (κ2) is 3.63. The van der Waals surface area contributed by atoms with Crippen LogP contribution in [0.25, 0.3) is 0 Å². The van der Waals surface area contributed by atoms with E-state index in [1.807, 2.05) is 0 Å². The maximum absolute atomic E-state index is 2.47. The number of halogens is 1. The van der Waals surface area contributed by atoms with E-state index >= 15 is 0 Å². The van der Waals surface area contributed by atoms with Crippen LogP contribution in [0.4, 0.5) is 0 Å². The predicted molar refractivity (Wildman–Crippen MR) is 49.2 cm³/mol. The summed E-state index contributed by atoms with van der Waals surface area (Å²) in [6.07, 6.45) is 3.10. The molecule has 70 valence electrons. The average Bonchev–Trinajstić information content (AvgIpc) is 2.34. The Morgan fingerprint density at radius 2 is 1.18 bits per heavy atom. The fraction of sp³-hybridized carbons (Fsp3) is 1.00. The van der Waals surface area contributed by atoms with Gasteiger partial charge in [0.1, 0.15) is 0 Å². The van der Waals surface area contributed by atoms with Crippen molar-refractivity contribution in [2.24, 2.45) is 0 Å². The van der Waals surface area contributed by atoms with Crippen LogP contribution in [-0.2, 0) is 0 Å². The van der Waals surface area contributed by atoms with Gasteiger partial charge in [0.2, 0.25) is 0 Å². The molecular weight excluding hydrogens is 247 g/mol. The van der Waals surface area contributed by atoms with Crippen LogP contribution in [0.15, 0.2) is 0 Å². The van der Waals surface area contributed by atoms with E-state index in [0.29, 0.717) is 0 Å². The van der Waals surface area contributed by atoms with Crippen molar-refractivity contribution in [3.05, 3.63) is 0 Å². The molecule has 0 aromatic heterocycles. The van der Waals surface area contributed by atoms with Gasteiger partial charge in [0, 0.05) is 0 Å². The van der Waals surface area contributed by atoms with E-state index in [9.17, 15) is 0 Å². The molecular formula is C10H22I-. The molecule has 1 aliphatic heterocycles. The third-order valence-corrected chi connectivity index (χ3v) is 18.4. The quantitative estimate of drug-likeness (QED) is 0.479. The van der Waals surface area contributed by atoms with Crippen molar-refractivity contribution in [2.75, 3.05) is 8.86 Å². The van der Waals surface area contributed by atoms with Gasteiger partial charge in [-0.1, -0.05) is 0 Å². The van der Waals surface area contributed by atoms with Crippen molar-refractivity contribution in [3.8, 4) is 0 Å². The molecule has 0 atom stereocenters. The van der Waals surface area contributed by atoms with E-state index in [4.69, 9.17) is 0 Å². The average molecular weight is 269 g/mol.